The molecule has 2 aromatic carbocycles. The number of hydrogen-bond acceptors (Lipinski definition) is 6. The molecule has 0 saturated heterocycles. The highest BCUT2D eigenvalue weighted by Gasteiger charge is 2.23. The highest BCUT2D eigenvalue weighted by atomic mass is 16.5. The number of rotatable bonds is 13. The van der Waals surface area contributed by atoms with E-state index in [-0.39, 0.29) is 43.5 Å². The molecule has 34 heavy (non-hydrogen) atoms. The number of aliphatic hydroxyl groups is 2. The smallest absolute Gasteiger partial charge is 0.119 e. The van der Waals surface area contributed by atoms with Gasteiger partial charge in [-0.3, -0.25) is 0 Å². The molecule has 0 amide bonds. The molecule has 0 saturated carbocycles. The first-order chi connectivity index (χ1) is 15.9. The fourth-order valence-electron chi connectivity index (χ4n) is 3.23. The summed E-state index contributed by atoms with van der Waals surface area (Å²) in [7, 11) is 0. The molecule has 0 aromatic heterocycles. The van der Waals surface area contributed by atoms with Crippen LogP contribution in [0.1, 0.15) is 59.6 Å². The van der Waals surface area contributed by atoms with Gasteiger partial charge in [0.05, 0.1) is 24.9 Å². The van der Waals surface area contributed by atoms with Crippen LogP contribution >= 0.6 is 0 Å². The minimum atomic E-state index is -0.681. The van der Waals surface area contributed by atoms with Gasteiger partial charge in [-0.25, -0.2) is 0 Å². The molecule has 6 nitrogen and oxygen atoms in total. The minimum Gasteiger partial charge on any atom is -0.491 e. The van der Waals surface area contributed by atoms with Gasteiger partial charge in [0.15, 0.2) is 0 Å². The topological polar surface area (TPSA) is 77.4 Å². The van der Waals surface area contributed by atoms with Crippen LogP contribution in [-0.4, -0.2) is 60.6 Å². The standard InChI is InChI=1S/C28H42O6/c1-20(2)31-16-23(29)17-32-25-12-8-21(9-13-25)28(6,7)22-10-14-26(15-11-22)33-18-24(30)19-34-27(3,4)5/h8-15,20,23-24,29-30H,16-19H2,1-7H3. The lowest BCUT2D eigenvalue weighted by molar-refractivity contribution is -0.0586. The van der Waals surface area contributed by atoms with E-state index >= 15 is 0 Å². The Balaban J connectivity index is 1.90. The van der Waals surface area contributed by atoms with Crippen LogP contribution in [0.15, 0.2) is 48.5 Å². The number of aliphatic hydroxyl groups excluding tert-OH is 2. The molecule has 0 aliphatic heterocycles. The third-order valence-corrected chi connectivity index (χ3v) is 5.37. The molecule has 0 aliphatic carbocycles. The number of ether oxygens (including phenoxy) is 4. The van der Waals surface area contributed by atoms with Crippen molar-refractivity contribution < 1.29 is 29.2 Å². The summed E-state index contributed by atoms with van der Waals surface area (Å²) in [5.41, 5.74) is 1.78. The fourth-order valence-corrected chi connectivity index (χ4v) is 3.23. The van der Waals surface area contributed by atoms with Gasteiger partial charge in [-0.1, -0.05) is 38.1 Å². The van der Waals surface area contributed by atoms with Crippen molar-refractivity contribution in [3.8, 4) is 11.5 Å². The van der Waals surface area contributed by atoms with Crippen LogP contribution in [0.25, 0.3) is 0 Å². The summed E-state index contributed by atoms with van der Waals surface area (Å²) in [4.78, 5) is 0. The van der Waals surface area contributed by atoms with E-state index in [1.165, 1.54) is 0 Å². The molecule has 0 bridgehead atoms. The molecule has 6 heteroatoms. The number of hydrogen-bond donors (Lipinski definition) is 2. The minimum absolute atomic E-state index is 0.0800. The van der Waals surface area contributed by atoms with Crippen molar-refractivity contribution in [2.75, 3.05) is 26.4 Å². The van der Waals surface area contributed by atoms with Crippen LogP contribution in [0.5, 0.6) is 11.5 Å². The molecular weight excluding hydrogens is 432 g/mol. The van der Waals surface area contributed by atoms with Crippen molar-refractivity contribution in [1.82, 2.24) is 0 Å². The van der Waals surface area contributed by atoms with E-state index in [9.17, 15) is 10.2 Å². The van der Waals surface area contributed by atoms with Gasteiger partial charge in [-0.05, 0) is 70.0 Å². The molecule has 2 N–H and O–H groups in total. The quantitative estimate of drug-likeness (QED) is 0.437. The Bertz CT molecular complexity index is 837. The van der Waals surface area contributed by atoms with E-state index in [4.69, 9.17) is 18.9 Å². The van der Waals surface area contributed by atoms with Crippen molar-refractivity contribution in [1.29, 1.82) is 0 Å². The summed E-state index contributed by atoms with van der Waals surface area (Å²) in [6.07, 6.45) is -1.26. The van der Waals surface area contributed by atoms with Crippen LogP contribution in [0.2, 0.25) is 0 Å². The average molecular weight is 475 g/mol. The zero-order valence-electron chi connectivity index (χ0n) is 21.7. The van der Waals surface area contributed by atoms with E-state index in [0.717, 1.165) is 11.1 Å². The van der Waals surface area contributed by atoms with Crippen LogP contribution < -0.4 is 9.47 Å². The second-order valence-electron chi connectivity index (χ2n) is 10.4. The lowest BCUT2D eigenvalue weighted by atomic mass is 9.78. The monoisotopic (exact) mass is 474 g/mol. The van der Waals surface area contributed by atoms with E-state index in [1.54, 1.807) is 0 Å². The van der Waals surface area contributed by atoms with Crippen LogP contribution in [0.3, 0.4) is 0 Å². The van der Waals surface area contributed by atoms with Crippen molar-refractivity contribution in [2.24, 2.45) is 0 Å². The molecule has 0 aliphatic rings. The maximum atomic E-state index is 10.1. The third-order valence-electron chi connectivity index (χ3n) is 5.37. The molecule has 0 radical (unpaired) electrons. The summed E-state index contributed by atoms with van der Waals surface area (Å²) in [6.45, 7) is 14.9. The van der Waals surface area contributed by atoms with E-state index in [0.29, 0.717) is 11.5 Å². The van der Waals surface area contributed by atoms with Crippen molar-refractivity contribution in [3.05, 3.63) is 59.7 Å². The van der Waals surface area contributed by atoms with Gasteiger partial charge in [0, 0.05) is 5.41 Å². The zero-order chi connectivity index (χ0) is 25.4. The van der Waals surface area contributed by atoms with Crippen molar-refractivity contribution in [3.63, 3.8) is 0 Å². The van der Waals surface area contributed by atoms with Gasteiger partial charge in [0.2, 0.25) is 0 Å². The first-order valence-electron chi connectivity index (χ1n) is 11.9. The number of benzene rings is 2. The average Bonchev–Trinajstić information content (AvgIpc) is 2.78. The fraction of sp³-hybridized carbons (Fsp3) is 0.571. The molecule has 0 fully saturated rings. The van der Waals surface area contributed by atoms with Crippen LogP contribution in [0, 0.1) is 0 Å². The predicted molar refractivity (Wildman–Crippen MR) is 135 cm³/mol. The van der Waals surface area contributed by atoms with Crippen LogP contribution in [-0.2, 0) is 14.9 Å². The molecule has 190 valence electrons. The third kappa shape index (κ3) is 9.63. The maximum Gasteiger partial charge on any atom is 0.119 e. The Hall–Kier alpha value is -2.12. The predicted octanol–water partition coefficient (Wildman–Crippen LogP) is 4.73. The Morgan fingerprint density at radius 3 is 1.44 bits per heavy atom. The molecule has 2 rings (SSSR count). The van der Waals surface area contributed by atoms with Gasteiger partial charge in [0.1, 0.15) is 36.9 Å². The summed E-state index contributed by atoms with van der Waals surface area (Å²) in [6, 6.07) is 15.9. The Morgan fingerprint density at radius 2 is 1.06 bits per heavy atom. The Morgan fingerprint density at radius 1 is 0.647 bits per heavy atom. The zero-order valence-corrected chi connectivity index (χ0v) is 21.7. The molecule has 2 aromatic rings. The van der Waals surface area contributed by atoms with Gasteiger partial charge >= 0.3 is 0 Å². The van der Waals surface area contributed by atoms with E-state index in [2.05, 4.69) is 13.8 Å². The normalized spacial score (nSPS) is 14.2. The van der Waals surface area contributed by atoms with Gasteiger partial charge in [-0.2, -0.15) is 0 Å². The highest BCUT2D eigenvalue weighted by Crippen LogP contribution is 2.33. The first kappa shape index (κ1) is 28.1. The maximum absolute atomic E-state index is 10.1. The second kappa shape index (κ2) is 12.5. The van der Waals surface area contributed by atoms with Gasteiger partial charge in [-0.15, -0.1) is 0 Å². The van der Waals surface area contributed by atoms with E-state index < -0.39 is 12.2 Å². The summed E-state index contributed by atoms with van der Waals surface area (Å²) in [5, 5.41) is 20.0. The Kier molecular flexibility index (Phi) is 10.4. The van der Waals surface area contributed by atoms with Gasteiger partial charge < -0.3 is 29.2 Å². The summed E-state index contributed by atoms with van der Waals surface area (Å²) >= 11 is 0. The Labute approximate surface area is 204 Å². The summed E-state index contributed by atoms with van der Waals surface area (Å²) < 4.78 is 22.4. The lowest BCUT2D eigenvalue weighted by Gasteiger charge is -2.27. The van der Waals surface area contributed by atoms with E-state index in [1.807, 2.05) is 83.1 Å². The molecule has 2 unspecified atom stereocenters. The molecule has 2 atom stereocenters. The van der Waals surface area contributed by atoms with Crippen molar-refractivity contribution in [2.45, 2.75) is 77.8 Å². The molecule has 0 spiro atoms. The SMILES string of the molecule is CC(C)OCC(O)COc1ccc(C(C)(C)c2ccc(OCC(O)COC(C)(C)C)cc2)cc1. The summed E-state index contributed by atoms with van der Waals surface area (Å²) in [5.74, 6) is 1.42. The largest absolute Gasteiger partial charge is 0.491 e. The lowest BCUT2D eigenvalue weighted by Crippen LogP contribution is -2.29. The highest BCUT2D eigenvalue weighted by molar-refractivity contribution is 5.41. The molecule has 0 heterocycles. The molecular formula is C28H42O6. The van der Waals surface area contributed by atoms with Crippen molar-refractivity contribution >= 4 is 0 Å². The first-order valence-corrected chi connectivity index (χ1v) is 11.9. The van der Waals surface area contributed by atoms with Crippen LogP contribution in [0.4, 0.5) is 0 Å². The second-order valence-corrected chi connectivity index (χ2v) is 10.4. The van der Waals surface area contributed by atoms with Gasteiger partial charge in [0.25, 0.3) is 0 Å².